The van der Waals surface area contributed by atoms with Crippen molar-refractivity contribution in [2.24, 2.45) is 11.5 Å². The van der Waals surface area contributed by atoms with Gasteiger partial charge >= 0.3 is 0 Å². The van der Waals surface area contributed by atoms with Crippen LogP contribution in [0.1, 0.15) is 12.8 Å². The summed E-state index contributed by atoms with van der Waals surface area (Å²) in [5.74, 6) is 0.628. The van der Waals surface area contributed by atoms with Crippen molar-refractivity contribution in [3.63, 3.8) is 0 Å². The molecule has 0 bridgehead atoms. The number of thiocarbonyl (C=S) groups is 2. The summed E-state index contributed by atoms with van der Waals surface area (Å²) in [5, 5.41) is 0. The van der Waals surface area contributed by atoms with Gasteiger partial charge < -0.3 is 21.3 Å². The standard InChI is InChI=1S/C12H20N4O2S4/c13-9(17)1-7-21-11(19)15-3-5-16(6-4-15)12(20)22-8-2-10(14)18/h1-8H2,(H2,13,17)(H2,14,18). The summed E-state index contributed by atoms with van der Waals surface area (Å²) in [4.78, 5) is 25.6. The molecule has 124 valence electrons. The Hall–Kier alpha value is -0.580. The third kappa shape index (κ3) is 7.61. The van der Waals surface area contributed by atoms with Gasteiger partial charge in [-0.05, 0) is 0 Å². The summed E-state index contributed by atoms with van der Waals surface area (Å²) in [5.41, 5.74) is 10.2. The molecule has 6 nitrogen and oxygen atoms in total. The van der Waals surface area contributed by atoms with Crippen molar-refractivity contribution in [1.82, 2.24) is 9.80 Å². The Morgan fingerprint density at radius 1 is 0.818 bits per heavy atom. The number of piperazine rings is 1. The summed E-state index contributed by atoms with van der Waals surface area (Å²) >= 11 is 13.7. The second-order valence-electron chi connectivity index (χ2n) is 4.64. The lowest BCUT2D eigenvalue weighted by molar-refractivity contribution is -0.118. The lowest BCUT2D eigenvalue weighted by Crippen LogP contribution is -2.48. The number of hydrogen-bond donors (Lipinski definition) is 2. The predicted molar refractivity (Wildman–Crippen MR) is 101 cm³/mol. The molecule has 0 radical (unpaired) electrons. The van der Waals surface area contributed by atoms with Crippen molar-refractivity contribution >= 4 is 68.4 Å². The number of carbonyl (C=O) groups is 2. The summed E-state index contributed by atoms with van der Waals surface area (Å²) in [6.45, 7) is 3.22. The molecular weight excluding hydrogens is 360 g/mol. The number of hydrogen-bond acceptors (Lipinski definition) is 6. The summed E-state index contributed by atoms with van der Waals surface area (Å²) in [7, 11) is 0. The van der Waals surface area contributed by atoms with Gasteiger partial charge in [-0.2, -0.15) is 0 Å². The number of thioether (sulfide) groups is 2. The minimum absolute atomic E-state index is 0.307. The highest BCUT2D eigenvalue weighted by Crippen LogP contribution is 2.17. The van der Waals surface area contributed by atoms with Crippen LogP contribution in [0.2, 0.25) is 0 Å². The number of amides is 2. The number of nitrogens with two attached hydrogens (primary N) is 2. The predicted octanol–water partition coefficient (Wildman–Crippen LogP) is 0.391. The average molecular weight is 381 g/mol. The van der Waals surface area contributed by atoms with Gasteiger partial charge in [0.1, 0.15) is 8.64 Å². The molecule has 1 saturated heterocycles. The van der Waals surface area contributed by atoms with Crippen LogP contribution in [0.5, 0.6) is 0 Å². The first-order chi connectivity index (χ1) is 10.4. The van der Waals surface area contributed by atoms with Crippen LogP contribution in [0.3, 0.4) is 0 Å². The quantitative estimate of drug-likeness (QED) is 0.640. The van der Waals surface area contributed by atoms with Crippen molar-refractivity contribution in [1.29, 1.82) is 0 Å². The molecule has 0 aromatic heterocycles. The van der Waals surface area contributed by atoms with Crippen LogP contribution in [0.4, 0.5) is 0 Å². The van der Waals surface area contributed by atoms with Crippen LogP contribution in [0.25, 0.3) is 0 Å². The molecule has 2 amide bonds. The van der Waals surface area contributed by atoms with E-state index in [2.05, 4.69) is 9.80 Å². The Balaban J connectivity index is 2.24. The maximum atomic E-state index is 10.7. The zero-order valence-electron chi connectivity index (χ0n) is 12.2. The topological polar surface area (TPSA) is 92.7 Å². The zero-order valence-corrected chi connectivity index (χ0v) is 15.4. The van der Waals surface area contributed by atoms with E-state index in [1.807, 2.05) is 0 Å². The van der Waals surface area contributed by atoms with Gasteiger partial charge in [0.15, 0.2) is 0 Å². The monoisotopic (exact) mass is 380 g/mol. The van der Waals surface area contributed by atoms with E-state index < -0.39 is 0 Å². The highest BCUT2D eigenvalue weighted by atomic mass is 32.2. The molecule has 0 aromatic rings. The van der Waals surface area contributed by atoms with Gasteiger partial charge in [0.25, 0.3) is 0 Å². The molecule has 0 spiro atoms. The van der Waals surface area contributed by atoms with Crippen molar-refractivity contribution in [3.05, 3.63) is 0 Å². The molecule has 0 aromatic carbocycles. The second kappa shape index (κ2) is 10.2. The summed E-state index contributed by atoms with van der Waals surface area (Å²) in [6, 6.07) is 0. The van der Waals surface area contributed by atoms with E-state index >= 15 is 0 Å². The van der Waals surface area contributed by atoms with E-state index in [0.29, 0.717) is 24.3 Å². The summed E-state index contributed by atoms with van der Waals surface area (Å²) < 4.78 is 1.60. The Bertz CT molecular complexity index is 399. The van der Waals surface area contributed by atoms with Gasteiger partial charge in [-0.15, -0.1) is 0 Å². The van der Waals surface area contributed by atoms with Gasteiger partial charge in [-0.25, -0.2) is 0 Å². The lowest BCUT2D eigenvalue weighted by Gasteiger charge is -2.36. The lowest BCUT2D eigenvalue weighted by atomic mass is 10.4. The molecule has 0 saturated carbocycles. The molecular formula is C12H20N4O2S4. The van der Waals surface area contributed by atoms with Gasteiger partial charge in [0, 0.05) is 50.5 Å². The van der Waals surface area contributed by atoms with Crippen LogP contribution in [0, 0.1) is 0 Å². The molecule has 0 atom stereocenters. The van der Waals surface area contributed by atoms with Crippen LogP contribution < -0.4 is 11.5 Å². The number of nitrogens with zero attached hydrogens (tertiary/aromatic N) is 2. The fourth-order valence-electron chi connectivity index (χ4n) is 1.73. The normalized spacial score (nSPS) is 14.7. The van der Waals surface area contributed by atoms with Crippen molar-refractivity contribution in [2.75, 3.05) is 37.7 Å². The van der Waals surface area contributed by atoms with E-state index in [9.17, 15) is 9.59 Å². The van der Waals surface area contributed by atoms with E-state index in [1.165, 1.54) is 23.5 Å². The van der Waals surface area contributed by atoms with Crippen molar-refractivity contribution in [3.8, 4) is 0 Å². The SMILES string of the molecule is NC(=O)CCSC(=S)N1CCN(C(=S)SCCC(N)=O)CC1. The molecule has 22 heavy (non-hydrogen) atoms. The molecule has 1 aliphatic rings. The zero-order chi connectivity index (χ0) is 16.5. The first-order valence-corrected chi connectivity index (χ1v) is 9.59. The molecule has 1 rings (SSSR count). The number of primary amides is 2. The molecule has 10 heteroatoms. The third-order valence-electron chi connectivity index (χ3n) is 2.94. The summed E-state index contributed by atoms with van der Waals surface area (Å²) in [6.07, 6.45) is 0.677. The Kier molecular flexibility index (Phi) is 9.06. The highest BCUT2D eigenvalue weighted by molar-refractivity contribution is 8.23. The maximum Gasteiger partial charge on any atom is 0.218 e. The average Bonchev–Trinajstić information content (AvgIpc) is 2.46. The van der Waals surface area contributed by atoms with Crippen LogP contribution in [-0.2, 0) is 9.59 Å². The van der Waals surface area contributed by atoms with E-state index in [4.69, 9.17) is 35.9 Å². The van der Waals surface area contributed by atoms with Gasteiger partial charge in [-0.1, -0.05) is 48.0 Å². The second-order valence-corrected chi connectivity index (χ2v) is 8.09. The molecule has 1 aliphatic heterocycles. The third-order valence-corrected chi connectivity index (χ3v) is 5.99. The minimum atomic E-state index is -0.307. The first-order valence-electron chi connectivity index (χ1n) is 6.80. The maximum absolute atomic E-state index is 10.7. The fourth-order valence-corrected chi connectivity index (χ4v) is 4.28. The van der Waals surface area contributed by atoms with E-state index in [0.717, 1.165) is 34.8 Å². The van der Waals surface area contributed by atoms with Gasteiger partial charge in [-0.3, -0.25) is 9.59 Å². The molecule has 0 unspecified atom stereocenters. The van der Waals surface area contributed by atoms with Gasteiger partial charge in [0.2, 0.25) is 11.8 Å². The molecule has 0 aliphatic carbocycles. The Morgan fingerprint density at radius 2 is 1.14 bits per heavy atom. The highest BCUT2D eigenvalue weighted by Gasteiger charge is 2.21. The van der Waals surface area contributed by atoms with Crippen LogP contribution >= 0.6 is 48.0 Å². The van der Waals surface area contributed by atoms with Crippen molar-refractivity contribution in [2.45, 2.75) is 12.8 Å². The van der Waals surface area contributed by atoms with Crippen molar-refractivity contribution < 1.29 is 9.59 Å². The number of rotatable bonds is 6. The Labute approximate surface area is 149 Å². The van der Waals surface area contributed by atoms with E-state index in [-0.39, 0.29) is 11.8 Å². The number of carbonyl (C=O) groups excluding carboxylic acids is 2. The smallest absolute Gasteiger partial charge is 0.218 e. The molecule has 1 fully saturated rings. The van der Waals surface area contributed by atoms with E-state index in [1.54, 1.807) is 0 Å². The fraction of sp³-hybridized carbons (Fsp3) is 0.667. The molecule has 4 N–H and O–H groups in total. The van der Waals surface area contributed by atoms with Crippen LogP contribution in [-0.4, -0.2) is 67.9 Å². The Morgan fingerprint density at radius 3 is 1.41 bits per heavy atom. The molecule has 1 heterocycles. The largest absolute Gasteiger partial charge is 0.370 e. The first kappa shape index (κ1) is 19.5. The van der Waals surface area contributed by atoms with Crippen LogP contribution in [0.15, 0.2) is 0 Å². The van der Waals surface area contributed by atoms with Gasteiger partial charge in [0.05, 0.1) is 0 Å². The minimum Gasteiger partial charge on any atom is -0.370 e.